The zero-order valence-electron chi connectivity index (χ0n) is 7.42. The number of benzene rings is 1. The van der Waals surface area contributed by atoms with Gasteiger partial charge in [-0.25, -0.2) is 0 Å². The molecule has 2 N–H and O–H groups in total. The van der Waals surface area contributed by atoms with Crippen molar-refractivity contribution >= 4 is 24.0 Å². The first-order valence-electron chi connectivity index (χ1n) is 3.83. The predicted octanol–water partition coefficient (Wildman–Crippen LogP) is 2.41. The number of aryl methyl sites for hydroxylation is 1. The number of nitrogens with two attached hydrogens (primary N) is 1. The summed E-state index contributed by atoms with van der Waals surface area (Å²) in [4.78, 5) is 0. The van der Waals surface area contributed by atoms with E-state index in [1.165, 1.54) is 0 Å². The lowest BCUT2D eigenvalue weighted by molar-refractivity contribution is 0.328. The van der Waals surface area contributed by atoms with Gasteiger partial charge in [-0.2, -0.15) is 0 Å². The SMILES string of the molecule is Cc1cc(OCCN)ccc1Cl.Cl. The Labute approximate surface area is 89.4 Å². The fourth-order valence-electron chi connectivity index (χ4n) is 0.884. The maximum Gasteiger partial charge on any atom is 0.119 e. The molecule has 1 aromatic carbocycles. The van der Waals surface area contributed by atoms with Crippen LogP contribution in [0.5, 0.6) is 5.75 Å². The second-order valence-electron chi connectivity index (χ2n) is 2.55. The molecule has 0 unspecified atom stereocenters. The Bertz CT molecular complexity index is 266. The van der Waals surface area contributed by atoms with Gasteiger partial charge < -0.3 is 10.5 Å². The maximum atomic E-state index is 5.83. The standard InChI is InChI=1S/C9H12ClNO.ClH/c1-7-6-8(12-5-4-11)2-3-9(7)10;/h2-3,6H,4-5,11H2,1H3;1H. The molecule has 0 aliphatic heterocycles. The van der Waals surface area contributed by atoms with Gasteiger partial charge in [-0.15, -0.1) is 12.4 Å². The van der Waals surface area contributed by atoms with Gasteiger partial charge in [0, 0.05) is 11.6 Å². The summed E-state index contributed by atoms with van der Waals surface area (Å²) in [6, 6.07) is 5.56. The van der Waals surface area contributed by atoms with E-state index in [2.05, 4.69) is 0 Å². The third-order valence-electron chi connectivity index (χ3n) is 1.52. The molecule has 74 valence electrons. The first kappa shape index (κ1) is 12.6. The van der Waals surface area contributed by atoms with Crippen LogP contribution < -0.4 is 10.5 Å². The minimum atomic E-state index is 0. The summed E-state index contributed by atoms with van der Waals surface area (Å²) in [6.45, 7) is 3.01. The molecule has 0 aliphatic rings. The van der Waals surface area contributed by atoms with Crippen LogP contribution in [-0.2, 0) is 0 Å². The summed E-state index contributed by atoms with van der Waals surface area (Å²) in [5, 5.41) is 0.759. The molecular formula is C9H13Cl2NO. The van der Waals surface area contributed by atoms with Gasteiger partial charge in [0.1, 0.15) is 12.4 Å². The second-order valence-corrected chi connectivity index (χ2v) is 2.96. The van der Waals surface area contributed by atoms with Gasteiger partial charge in [-0.05, 0) is 30.7 Å². The minimum absolute atomic E-state index is 0. The fourth-order valence-corrected chi connectivity index (χ4v) is 1.00. The first-order valence-corrected chi connectivity index (χ1v) is 4.21. The van der Waals surface area contributed by atoms with E-state index in [0.29, 0.717) is 13.2 Å². The van der Waals surface area contributed by atoms with E-state index in [4.69, 9.17) is 22.1 Å². The van der Waals surface area contributed by atoms with Crippen LogP contribution >= 0.6 is 24.0 Å². The van der Waals surface area contributed by atoms with E-state index in [1.807, 2.05) is 25.1 Å². The van der Waals surface area contributed by atoms with E-state index in [0.717, 1.165) is 16.3 Å². The first-order chi connectivity index (χ1) is 5.74. The second kappa shape index (κ2) is 6.08. The van der Waals surface area contributed by atoms with E-state index in [9.17, 15) is 0 Å². The van der Waals surface area contributed by atoms with Crippen molar-refractivity contribution in [1.82, 2.24) is 0 Å². The monoisotopic (exact) mass is 221 g/mol. The van der Waals surface area contributed by atoms with Crippen molar-refractivity contribution in [2.75, 3.05) is 13.2 Å². The lowest BCUT2D eigenvalue weighted by Crippen LogP contribution is -2.10. The highest BCUT2D eigenvalue weighted by atomic mass is 35.5. The van der Waals surface area contributed by atoms with Gasteiger partial charge in [0.15, 0.2) is 0 Å². The van der Waals surface area contributed by atoms with E-state index < -0.39 is 0 Å². The van der Waals surface area contributed by atoms with Crippen LogP contribution in [0.2, 0.25) is 5.02 Å². The molecule has 0 aliphatic carbocycles. The van der Waals surface area contributed by atoms with Gasteiger partial charge >= 0.3 is 0 Å². The molecule has 13 heavy (non-hydrogen) atoms. The highest BCUT2D eigenvalue weighted by molar-refractivity contribution is 6.31. The highest BCUT2D eigenvalue weighted by Gasteiger charge is 1.96. The van der Waals surface area contributed by atoms with Crippen LogP contribution in [0.1, 0.15) is 5.56 Å². The molecule has 1 rings (SSSR count). The summed E-state index contributed by atoms with van der Waals surface area (Å²) in [5.74, 6) is 0.822. The molecular weight excluding hydrogens is 209 g/mol. The fraction of sp³-hybridized carbons (Fsp3) is 0.333. The lowest BCUT2D eigenvalue weighted by atomic mass is 10.2. The molecule has 0 amide bonds. The van der Waals surface area contributed by atoms with Gasteiger partial charge in [0.25, 0.3) is 0 Å². The van der Waals surface area contributed by atoms with Crippen molar-refractivity contribution in [3.63, 3.8) is 0 Å². The van der Waals surface area contributed by atoms with Crippen LogP contribution in [0.15, 0.2) is 18.2 Å². The minimum Gasteiger partial charge on any atom is -0.492 e. The Morgan fingerprint density at radius 3 is 2.69 bits per heavy atom. The Kier molecular flexibility index (Phi) is 5.88. The van der Waals surface area contributed by atoms with E-state index in [-0.39, 0.29) is 12.4 Å². The Balaban J connectivity index is 0.00000144. The summed E-state index contributed by atoms with van der Waals surface area (Å²) in [7, 11) is 0. The van der Waals surface area contributed by atoms with Crippen LogP contribution in [0.25, 0.3) is 0 Å². The summed E-state index contributed by atoms with van der Waals surface area (Å²) in [5.41, 5.74) is 6.31. The number of ether oxygens (including phenoxy) is 1. The average molecular weight is 222 g/mol. The molecule has 0 fully saturated rings. The quantitative estimate of drug-likeness (QED) is 0.852. The molecule has 0 heterocycles. The predicted molar refractivity (Wildman–Crippen MR) is 58.0 cm³/mol. The summed E-state index contributed by atoms with van der Waals surface area (Å²) >= 11 is 5.83. The van der Waals surface area contributed by atoms with Crippen LogP contribution in [0.3, 0.4) is 0 Å². The van der Waals surface area contributed by atoms with E-state index >= 15 is 0 Å². The third kappa shape index (κ3) is 3.85. The zero-order chi connectivity index (χ0) is 8.97. The van der Waals surface area contributed by atoms with Crippen molar-refractivity contribution in [2.45, 2.75) is 6.92 Å². The van der Waals surface area contributed by atoms with Crippen LogP contribution in [-0.4, -0.2) is 13.2 Å². The zero-order valence-corrected chi connectivity index (χ0v) is 8.99. The highest BCUT2D eigenvalue weighted by Crippen LogP contribution is 2.20. The molecule has 0 atom stereocenters. The van der Waals surface area contributed by atoms with Gasteiger partial charge in [-0.1, -0.05) is 11.6 Å². The van der Waals surface area contributed by atoms with Crippen molar-refractivity contribution in [3.8, 4) is 5.75 Å². The molecule has 4 heteroatoms. The normalized spacial score (nSPS) is 9.15. The average Bonchev–Trinajstić information content (AvgIpc) is 2.07. The van der Waals surface area contributed by atoms with Gasteiger partial charge in [-0.3, -0.25) is 0 Å². The Morgan fingerprint density at radius 2 is 2.15 bits per heavy atom. The molecule has 1 aromatic rings. The molecule has 0 spiro atoms. The van der Waals surface area contributed by atoms with Crippen molar-refractivity contribution in [1.29, 1.82) is 0 Å². The number of rotatable bonds is 3. The molecule has 0 radical (unpaired) electrons. The number of halogens is 2. The van der Waals surface area contributed by atoms with Gasteiger partial charge in [0.2, 0.25) is 0 Å². The number of hydrogen-bond donors (Lipinski definition) is 1. The van der Waals surface area contributed by atoms with E-state index in [1.54, 1.807) is 0 Å². The Morgan fingerprint density at radius 1 is 1.46 bits per heavy atom. The number of hydrogen-bond acceptors (Lipinski definition) is 2. The molecule has 2 nitrogen and oxygen atoms in total. The lowest BCUT2D eigenvalue weighted by Gasteiger charge is -2.05. The van der Waals surface area contributed by atoms with Crippen molar-refractivity contribution in [2.24, 2.45) is 5.73 Å². The molecule has 0 saturated carbocycles. The smallest absolute Gasteiger partial charge is 0.119 e. The van der Waals surface area contributed by atoms with Crippen molar-refractivity contribution < 1.29 is 4.74 Å². The van der Waals surface area contributed by atoms with Gasteiger partial charge in [0.05, 0.1) is 0 Å². The third-order valence-corrected chi connectivity index (χ3v) is 1.94. The molecule has 0 aromatic heterocycles. The van der Waals surface area contributed by atoms with Crippen LogP contribution in [0, 0.1) is 6.92 Å². The Hall–Kier alpha value is -0.440. The maximum absolute atomic E-state index is 5.83. The molecule has 0 bridgehead atoms. The summed E-state index contributed by atoms with van der Waals surface area (Å²) in [6.07, 6.45) is 0. The molecule has 0 saturated heterocycles. The topological polar surface area (TPSA) is 35.2 Å². The summed E-state index contributed by atoms with van der Waals surface area (Å²) < 4.78 is 5.31. The van der Waals surface area contributed by atoms with Crippen molar-refractivity contribution in [3.05, 3.63) is 28.8 Å². The van der Waals surface area contributed by atoms with Crippen LogP contribution in [0.4, 0.5) is 0 Å². The largest absolute Gasteiger partial charge is 0.492 e.